The quantitative estimate of drug-likeness (QED) is 0.134. The van der Waals surface area contributed by atoms with Crippen molar-refractivity contribution in [3.63, 3.8) is 0 Å². The van der Waals surface area contributed by atoms with Gasteiger partial charge in [-0.05, 0) is 55.9 Å². The first-order valence-electron chi connectivity index (χ1n) is 15.5. The Kier molecular flexibility index (Phi) is 8.18. The third-order valence-corrected chi connectivity index (χ3v) is 11.2. The normalized spacial score (nSPS) is 32.0. The van der Waals surface area contributed by atoms with Gasteiger partial charge in [0.25, 0.3) is 0 Å². The van der Waals surface area contributed by atoms with Crippen molar-refractivity contribution in [2.24, 2.45) is 22.7 Å². The standard InChI is InChI=1S/C36H48O8/c1-17(2)13-11-12-16-33(7,8)22-15-14-21-19(5)34(9)26(29(40)24(21)27(22)38)31(42)36(44)30(41)23(20(6)37)28(39)25(18(3)4)35(36,10)32(34)43/h14-15,18-19,25,32,38,40-41,43-44H,1,11-13,16H2,2-10H3/t19-,25?,32-,34+,35+,36+/m1/s1. The van der Waals surface area contributed by atoms with Crippen molar-refractivity contribution in [3.05, 3.63) is 57.9 Å². The Morgan fingerprint density at radius 2 is 1.66 bits per heavy atom. The minimum absolute atomic E-state index is 0.0350. The fraction of sp³-hybridized carbons (Fsp3) is 0.583. The van der Waals surface area contributed by atoms with Gasteiger partial charge in [-0.1, -0.05) is 72.6 Å². The molecule has 44 heavy (non-hydrogen) atoms. The Bertz CT molecular complexity index is 1530. The Labute approximate surface area is 260 Å². The number of rotatable bonds is 8. The van der Waals surface area contributed by atoms with Crippen molar-refractivity contribution < 1.29 is 39.9 Å². The van der Waals surface area contributed by atoms with Crippen LogP contribution in [-0.4, -0.2) is 54.6 Å². The average Bonchev–Trinajstić information content (AvgIpc) is 2.91. The maximum atomic E-state index is 14.6. The summed E-state index contributed by atoms with van der Waals surface area (Å²) in [4.78, 5) is 40.9. The molecule has 5 N–H and O–H groups in total. The number of aliphatic hydroxyl groups is 4. The number of ketones is 3. The predicted molar refractivity (Wildman–Crippen MR) is 168 cm³/mol. The number of hydrogen-bond donors (Lipinski definition) is 5. The first-order chi connectivity index (χ1) is 20.1. The van der Waals surface area contributed by atoms with Crippen LogP contribution in [0.2, 0.25) is 0 Å². The van der Waals surface area contributed by atoms with Crippen LogP contribution < -0.4 is 0 Å². The van der Waals surface area contributed by atoms with Crippen LogP contribution in [0, 0.1) is 22.7 Å². The molecule has 0 aliphatic heterocycles. The summed E-state index contributed by atoms with van der Waals surface area (Å²) in [6.45, 7) is 19.1. The zero-order valence-electron chi connectivity index (χ0n) is 27.5. The molecular formula is C36H48O8. The Balaban J connectivity index is 1.99. The number of fused-ring (bicyclic) bond motifs is 3. The van der Waals surface area contributed by atoms with Crippen molar-refractivity contribution >= 4 is 23.1 Å². The highest BCUT2D eigenvalue weighted by Gasteiger charge is 2.77. The molecular weight excluding hydrogens is 560 g/mol. The lowest BCUT2D eigenvalue weighted by molar-refractivity contribution is -0.215. The number of hydrogen-bond acceptors (Lipinski definition) is 8. The summed E-state index contributed by atoms with van der Waals surface area (Å²) in [5.41, 5.74) is -5.73. The van der Waals surface area contributed by atoms with Crippen LogP contribution in [0.5, 0.6) is 5.75 Å². The maximum absolute atomic E-state index is 14.6. The molecule has 1 aromatic carbocycles. The van der Waals surface area contributed by atoms with Crippen LogP contribution in [0.1, 0.15) is 111 Å². The summed E-state index contributed by atoms with van der Waals surface area (Å²) in [7, 11) is 0. The van der Waals surface area contributed by atoms with Crippen LogP contribution in [0.15, 0.2) is 41.2 Å². The number of phenolic OH excluding ortho intramolecular Hbond substituents is 1. The molecule has 1 unspecified atom stereocenters. The summed E-state index contributed by atoms with van der Waals surface area (Å²) < 4.78 is 0. The lowest BCUT2D eigenvalue weighted by Gasteiger charge is -2.63. The van der Waals surface area contributed by atoms with E-state index in [-0.39, 0.29) is 16.9 Å². The number of phenols is 1. The summed E-state index contributed by atoms with van der Waals surface area (Å²) in [5, 5.41) is 59.6. The SMILES string of the molecule is C=C(C)CCCCC(C)(C)c1ccc2c(c1O)C(O)=C1C(=O)[C@@]3(O)C(O)=C(C(C)=O)C(=O)C(C(C)C)[C@@]3(C)[C@H](O)[C@@]1(C)[C@@H]2C. The Morgan fingerprint density at radius 3 is 2.18 bits per heavy atom. The number of aromatic hydroxyl groups is 1. The maximum Gasteiger partial charge on any atom is 0.203 e. The van der Waals surface area contributed by atoms with E-state index in [1.54, 1.807) is 33.8 Å². The molecule has 0 saturated heterocycles. The molecule has 8 nitrogen and oxygen atoms in total. The molecule has 1 aromatic rings. The monoisotopic (exact) mass is 608 g/mol. The highest BCUT2D eigenvalue weighted by atomic mass is 16.4. The van der Waals surface area contributed by atoms with Crippen molar-refractivity contribution in [1.29, 1.82) is 0 Å². The number of unbranched alkanes of at least 4 members (excludes halogenated alkanes) is 1. The second-order valence-electron chi connectivity index (χ2n) is 14.8. The van der Waals surface area contributed by atoms with Gasteiger partial charge in [-0.25, -0.2) is 0 Å². The summed E-state index contributed by atoms with van der Waals surface area (Å²) in [6.07, 6.45) is 1.82. The molecule has 3 aliphatic carbocycles. The molecule has 8 heteroatoms. The van der Waals surface area contributed by atoms with Gasteiger partial charge in [-0.15, -0.1) is 6.58 Å². The third-order valence-electron chi connectivity index (χ3n) is 11.2. The smallest absolute Gasteiger partial charge is 0.203 e. The van der Waals surface area contributed by atoms with E-state index in [1.165, 1.54) is 6.92 Å². The molecule has 6 atom stereocenters. The molecule has 4 rings (SSSR count). The van der Waals surface area contributed by atoms with E-state index in [0.717, 1.165) is 38.2 Å². The molecule has 0 aromatic heterocycles. The van der Waals surface area contributed by atoms with Crippen molar-refractivity contribution in [2.45, 2.75) is 111 Å². The molecule has 0 bridgehead atoms. The van der Waals surface area contributed by atoms with Crippen LogP contribution >= 0.6 is 0 Å². The van der Waals surface area contributed by atoms with Crippen LogP contribution in [0.3, 0.4) is 0 Å². The molecule has 0 radical (unpaired) electrons. The number of allylic oxidation sites excluding steroid dienone is 2. The van der Waals surface area contributed by atoms with E-state index >= 15 is 0 Å². The van der Waals surface area contributed by atoms with Crippen LogP contribution in [-0.2, 0) is 19.8 Å². The first kappa shape index (κ1) is 33.7. The second kappa shape index (κ2) is 10.7. The van der Waals surface area contributed by atoms with E-state index in [2.05, 4.69) is 6.58 Å². The van der Waals surface area contributed by atoms with E-state index in [1.807, 2.05) is 26.8 Å². The largest absolute Gasteiger partial charge is 0.508 e. The third kappa shape index (κ3) is 4.20. The van der Waals surface area contributed by atoms with Gasteiger partial charge in [-0.2, -0.15) is 0 Å². The number of carbonyl (C=O) groups excluding carboxylic acids is 3. The van der Waals surface area contributed by atoms with Gasteiger partial charge in [0.05, 0.1) is 17.2 Å². The number of aliphatic hydroxyl groups excluding tert-OH is 3. The molecule has 0 amide bonds. The first-order valence-corrected chi connectivity index (χ1v) is 15.5. The van der Waals surface area contributed by atoms with E-state index < -0.39 is 80.1 Å². The van der Waals surface area contributed by atoms with Crippen molar-refractivity contribution in [1.82, 2.24) is 0 Å². The zero-order chi connectivity index (χ0) is 33.5. The molecule has 1 saturated carbocycles. The van der Waals surface area contributed by atoms with Gasteiger partial charge in [0.15, 0.2) is 17.2 Å². The predicted octanol–water partition coefficient (Wildman–Crippen LogP) is 6.14. The van der Waals surface area contributed by atoms with Crippen molar-refractivity contribution in [3.8, 4) is 5.75 Å². The molecule has 0 heterocycles. The van der Waals surface area contributed by atoms with Gasteiger partial charge in [0.2, 0.25) is 5.78 Å². The minimum atomic E-state index is -2.90. The van der Waals surface area contributed by atoms with E-state index in [4.69, 9.17) is 0 Å². The molecule has 0 spiro atoms. The van der Waals surface area contributed by atoms with E-state index in [0.29, 0.717) is 11.1 Å². The summed E-state index contributed by atoms with van der Waals surface area (Å²) in [5.74, 6) is -7.03. The van der Waals surface area contributed by atoms with Crippen LogP contribution in [0.25, 0.3) is 5.76 Å². The second-order valence-corrected chi connectivity index (χ2v) is 14.8. The Hall–Kier alpha value is -3.23. The van der Waals surface area contributed by atoms with Gasteiger partial charge in [0.1, 0.15) is 22.8 Å². The molecule has 3 aliphatic rings. The highest BCUT2D eigenvalue weighted by Crippen LogP contribution is 2.67. The number of benzene rings is 1. The average molecular weight is 609 g/mol. The van der Waals surface area contributed by atoms with E-state index in [9.17, 15) is 39.9 Å². The Morgan fingerprint density at radius 1 is 1.07 bits per heavy atom. The van der Waals surface area contributed by atoms with Gasteiger partial charge in [0, 0.05) is 22.3 Å². The highest BCUT2D eigenvalue weighted by molar-refractivity contribution is 6.24. The van der Waals surface area contributed by atoms with Gasteiger partial charge < -0.3 is 25.5 Å². The number of carbonyl (C=O) groups is 3. The van der Waals surface area contributed by atoms with Crippen LogP contribution in [0.4, 0.5) is 0 Å². The van der Waals surface area contributed by atoms with Gasteiger partial charge >= 0.3 is 0 Å². The summed E-state index contributed by atoms with van der Waals surface area (Å²) in [6, 6.07) is 3.61. The van der Waals surface area contributed by atoms with Gasteiger partial charge in [-0.3, -0.25) is 14.4 Å². The fourth-order valence-electron chi connectivity index (χ4n) is 8.60. The van der Waals surface area contributed by atoms with Crippen molar-refractivity contribution in [2.75, 3.05) is 0 Å². The molecule has 1 fully saturated rings. The minimum Gasteiger partial charge on any atom is -0.508 e. The number of Topliss-reactive ketones (excluding diaryl/α,β-unsaturated/α-hetero) is 3. The topological polar surface area (TPSA) is 152 Å². The lowest BCUT2D eigenvalue weighted by Crippen LogP contribution is -2.75. The summed E-state index contributed by atoms with van der Waals surface area (Å²) >= 11 is 0. The zero-order valence-corrected chi connectivity index (χ0v) is 27.5. The lowest BCUT2D eigenvalue weighted by atomic mass is 9.40. The fourth-order valence-corrected chi connectivity index (χ4v) is 8.60. The molecule has 240 valence electrons.